The molecule has 0 saturated carbocycles. The Morgan fingerprint density at radius 3 is 2.89 bits per heavy atom. The molecule has 0 aromatic carbocycles. The average molecular weight is 250 g/mol. The molecule has 1 saturated heterocycles. The van der Waals surface area contributed by atoms with E-state index < -0.39 is 0 Å². The third-order valence-corrected chi connectivity index (χ3v) is 3.52. The van der Waals surface area contributed by atoms with Crippen LogP contribution in [0.15, 0.2) is 12.4 Å². The van der Waals surface area contributed by atoms with E-state index in [1.54, 1.807) is 6.33 Å². The van der Waals surface area contributed by atoms with Gasteiger partial charge in [-0.2, -0.15) is 0 Å². The summed E-state index contributed by atoms with van der Waals surface area (Å²) in [7, 11) is 0. The van der Waals surface area contributed by atoms with Crippen LogP contribution in [0.2, 0.25) is 0 Å². The lowest BCUT2D eigenvalue weighted by molar-refractivity contribution is 0.105. The highest BCUT2D eigenvalue weighted by Gasteiger charge is 2.37. The van der Waals surface area contributed by atoms with Gasteiger partial charge in [-0.15, -0.1) is 0 Å². The van der Waals surface area contributed by atoms with Crippen LogP contribution >= 0.6 is 0 Å². The van der Waals surface area contributed by atoms with Crippen molar-refractivity contribution in [2.24, 2.45) is 0 Å². The summed E-state index contributed by atoms with van der Waals surface area (Å²) in [6.07, 6.45) is 3.86. The Labute approximate surface area is 108 Å². The molecule has 5 heteroatoms. The maximum Gasteiger partial charge on any atom is 0.131 e. The Balaban J connectivity index is 2.04. The van der Waals surface area contributed by atoms with Crippen molar-refractivity contribution in [3.63, 3.8) is 0 Å². The third kappa shape index (κ3) is 2.90. The molecule has 100 valence electrons. The minimum absolute atomic E-state index is 0.0453. The van der Waals surface area contributed by atoms with Gasteiger partial charge in [-0.05, 0) is 26.7 Å². The lowest BCUT2D eigenvalue weighted by atomic mass is 9.95. The van der Waals surface area contributed by atoms with Gasteiger partial charge < -0.3 is 15.4 Å². The Morgan fingerprint density at radius 2 is 2.22 bits per heavy atom. The van der Waals surface area contributed by atoms with E-state index in [2.05, 4.69) is 41.4 Å². The zero-order valence-electron chi connectivity index (χ0n) is 11.4. The van der Waals surface area contributed by atoms with Crippen molar-refractivity contribution >= 4 is 11.6 Å². The van der Waals surface area contributed by atoms with Gasteiger partial charge in [-0.25, -0.2) is 9.97 Å². The Morgan fingerprint density at radius 1 is 1.44 bits per heavy atom. The van der Waals surface area contributed by atoms with Crippen molar-refractivity contribution in [1.82, 2.24) is 9.97 Å². The largest absolute Gasteiger partial charge is 0.376 e. The summed E-state index contributed by atoms with van der Waals surface area (Å²) in [5, 5.41) is 6.73. The van der Waals surface area contributed by atoms with Crippen LogP contribution in [0, 0.1) is 0 Å². The lowest BCUT2D eigenvalue weighted by Crippen LogP contribution is -2.41. The summed E-state index contributed by atoms with van der Waals surface area (Å²) in [4.78, 5) is 8.47. The molecular weight excluding hydrogens is 228 g/mol. The molecule has 0 spiro atoms. The molecule has 1 fully saturated rings. The first kappa shape index (κ1) is 13.1. The predicted molar refractivity (Wildman–Crippen MR) is 72.9 cm³/mol. The molecule has 0 radical (unpaired) electrons. The molecule has 2 unspecified atom stereocenters. The smallest absolute Gasteiger partial charge is 0.131 e. The van der Waals surface area contributed by atoms with Crippen LogP contribution in [0.1, 0.15) is 33.6 Å². The monoisotopic (exact) mass is 250 g/mol. The van der Waals surface area contributed by atoms with Crippen LogP contribution in [-0.4, -0.2) is 34.8 Å². The van der Waals surface area contributed by atoms with E-state index in [4.69, 9.17) is 4.74 Å². The second-order valence-electron chi connectivity index (χ2n) is 5.02. The van der Waals surface area contributed by atoms with Crippen molar-refractivity contribution in [2.75, 3.05) is 23.8 Å². The van der Waals surface area contributed by atoms with E-state index in [9.17, 15) is 0 Å². The van der Waals surface area contributed by atoms with Gasteiger partial charge in [0.25, 0.3) is 0 Å². The van der Waals surface area contributed by atoms with Crippen LogP contribution in [0.3, 0.4) is 0 Å². The Kier molecular flexibility index (Phi) is 4.01. The third-order valence-electron chi connectivity index (χ3n) is 3.52. The normalized spacial score (nSPS) is 27.2. The van der Waals surface area contributed by atoms with Gasteiger partial charge in [0.2, 0.25) is 0 Å². The number of rotatable bonds is 5. The predicted octanol–water partition coefficient (Wildman–Crippen LogP) is 2.28. The number of anilines is 2. The fourth-order valence-corrected chi connectivity index (χ4v) is 2.07. The number of hydrogen-bond acceptors (Lipinski definition) is 5. The van der Waals surface area contributed by atoms with E-state index in [1.165, 1.54) is 0 Å². The number of nitrogens with zero attached hydrogens (tertiary/aromatic N) is 2. The van der Waals surface area contributed by atoms with Gasteiger partial charge >= 0.3 is 0 Å². The van der Waals surface area contributed by atoms with Crippen LogP contribution in [0.25, 0.3) is 0 Å². The number of hydrogen-bond donors (Lipinski definition) is 2. The van der Waals surface area contributed by atoms with Crippen molar-refractivity contribution in [2.45, 2.75) is 45.3 Å². The van der Waals surface area contributed by atoms with Crippen LogP contribution in [0.5, 0.6) is 0 Å². The molecule has 2 atom stereocenters. The summed E-state index contributed by atoms with van der Waals surface area (Å²) in [5.74, 6) is 1.72. The highest BCUT2D eigenvalue weighted by molar-refractivity contribution is 5.48. The quantitative estimate of drug-likeness (QED) is 0.839. The molecule has 5 nitrogen and oxygen atoms in total. The lowest BCUT2D eigenvalue weighted by Gasteiger charge is -2.29. The molecule has 0 bridgehead atoms. The van der Waals surface area contributed by atoms with Crippen LogP contribution in [0.4, 0.5) is 11.6 Å². The standard InChI is InChI=1S/C13H22N4O/c1-4-6-14-11-8-12(16-9-15-11)17-13(3)5-7-18-10(13)2/h8-10H,4-7H2,1-3H3,(H2,14,15,16,17). The molecule has 2 heterocycles. The zero-order chi connectivity index (χ0) is 13.0. The van der Waals surface area contributed by atoms with Crippen molar-refractivity contribution in [3.8, 4) is 0 Å². The molecule has 1 aliphatic rings. The maximum atomic E-state index is 5.61. The molecule has 2 N–H and O–H groups in total. The fourth-order valence-electron chi connectivity index (χ4n) is 2.07. The van der Waals surface area contributed by atoms with Crippen molar-refractivity contribution in [1.29, 1.82) is 0 Å². The summed E-state index contributed by atoms with van der Waals surface area (Å²) in [6.45, 7) is 8.12. The first-order valence-corrected chi connectivity index (χ1v) is 6.60. The second kappa shape index (κ2) is 5.52. The van der Waals surface area contributed by atoms with E-state index in [1.807, 2.05) is 6.07 Å². The van der Waals surface area contributed by atoms with Gasteiger partial charge in [0, 0.05) is 19.2 Å². The Bertz CT molecular complexity index is 398. The molecule has 0 amide bonds. The summed E-state index contributed by atoms with van der Waals surface area (Å²) < 4.78 is 5.61. The topological polar surface area (TPSA) is 59.1 Å². The van der Waals surface area contributed by atoms with Crippen molar-refractivity contribution < 1.29 is 4.74 Å². The number of nitrogens with one attached hydrogen (secondary N) is 2. The van der Waals surface area contributed by atoms with Gasteiger partial charge in [-0.3, -0.25) is 0 Å². The van der Waals surface area contributed by atoms with Gasteiger partial charge in [0.05, 0.1) is 11.6 Å². The second-order valence-corrected chi connectivity index (χ2v) is 5.02. The maximum absolute atomic E-state index is 5.61. The minimum atomic E-state index is -0.0453. The fraction of sp³-hybridized carbons (Fsp3) is 0.692. The first-order chi connectivity index (χ1) is 8.64. The Hall–Kier alpha value is -1.36. The van der Waals surface area contributed by atoms with E-state index >= 15 is 0 Å². The summed E-state index contributed by atoms with van der Waals surface area (Å²) >= 11 is 0. The molecule has 2 rings (SSSR count). The highest BCUT2D eigenvalue weighted by Crippen LogP contribution is 2.29. The van der Waals surface area contributed by atoms with E-state index in [-0.39, 0.29) is 11.6 Å². The number of ether oxygens (including phenoxy) is 1. The summed E-state index contributed by atoms with van der Waals surface area (Å²) in [5.41, 5.74) is -0.0453. The van der Waals surface area contributed by atoms with Gasteiger partial charge in [0.15, 0.2) is 0 Å². The zero-order valence-corrected chi connectivity index (χ0v) is 11.4. The van der Waals surface area contributed by atoms with Crippen molar-refractivity contribution in [3.05, 3.63) is 12.4 Å². The molecule has 0 aliphatic carbocycles. The SMILES string of the molecule is CCCNc1cc(NC2(C)CCOC2C)ncn1. The van der Waals surface area contributed by atoms with Gasteiger partial charge in [-0.1, -0.05) is 6.92 Å². The van der Waals surface area contributed by atoms with E-state index in [0.29, 0.717) is 0 Å². The summed E-state index contributed by atoms with van der Waals surface area (Å²) in [6, 6.07) is 1.95. The first-order valence-electron chi connectivity index (χ1n) is 6.60. The molecular formula is C13H22N4O. The van der Waals surface area contributed by atoms with Crippen LogP contribution in [-0.2, 0) is 4.74 Å². The average Bonchev–Trinajstić information content (AvgIpc) is 2.67. The molecule has 18 heavy (non-hydrogen) atoms. The molecule has 1 aromatic rings. The van der Waals surface area contributed by atoms with Crippen LogP contribution < -0.4 is 10.6 Å². The molecule has 1 aromatic heterocycles. The highest BCUT2D eigenvalue weighted by atomic mass is 16.5. The minimum Gasteiger partial charge on any atom is -0.376 e. The number of aromatic nitrogens is 2. The van der Waals surface area contributed by atoms with E-state index in [0.717, 1.165) is 37.6 Å². The van der Waals surface area contributed by atoms with Gasteiger partial charge in [0.1, 0.15) is 18.0 Å². The molecule has 1 aliphatic heterocycles.